The molecule has 2 heterocycles. The maximum Gasteiger partial charge on any atom is 0.138 e. The van der Waals surface area contributed by atoms with Crippen molar-refractivity contribution in [2.75, 3.05) is 19.8 Å². The molecule has 114 valence electrons. The average molecular weight is 289 g/mol. The van der Waals surface area contributed by atoms with Gasteiger partial charge in [-0.15, -0.1) is 0 Å². The fourth-order valence-corrected chi connectivity index (χ4v) is 3.24. The number of Topliss-reactive ketones (excluding diaryl/α,β-unsaturated/α-hetero) is 1. The lowest BCUT2D eigenvalue weighted by Gasteiger charge is -2.39. The van der Waals surface area contributed by atoms with E-state index in [0.29, 0.717) is 37.5 Å². The zero-order valence-corrected chi connectivity index (χ0v) is 12.3. The van der Waals surface area contributed by atoms with Gasteiger partial charge in [-0.05, 0) is 18.4 Å². The van der Waals surface area contributed by atoms with Crippen molar-refractivity contribution in [2.24, 2.45) is 5.92 Å². The van der Waals surface area contributed by atoms with Crippen LogP contribution in [0.25, 0.3) is 0 Å². The molecule has 2 aliphatic rings. The first-order valence-electron chi connectivity index (χ1n) is 7.79. The van der Waals surface area contributed by atoms with Crippen molar-refractivity contribution in [1.29, 1.82) is 0 Å². The summed E-state index contributed by atoms with van der Waals surface area (Å²) in [6.07, 6.45) is 2.35. The van der Waals surface area contributed by atoms with Gasteiger partial charge in [-0.25, -0.2) is 0 Å². The monoisotopic (exact) mass is 289 g/mol. The molecule has 4 nitrogen and oxygen atoms in total. The summed E-state index contributed by atoms with van der Waals surface area (Å²) in [7, 11) is 0. The topological polar surface area (TPSA) is 47.6 Å². The normalized spacial score (nSPS) is 28.3. The number of morpholine rings is 1. The summed E-state index contributed by atoms with van der Waals surface area (Å²) < 4.78 is 11.1. The Balaban J connectivity index is 1.38. The van der Waals surface area contributed by atoms with Crippen molar-refractivity contribution in [1.82, 2.24) is 5.32 Å². The second-order valence-corrected chi connectivity index (χ2v) is 6.02. The lowest BCUT2D eigenvalue weighted by Crippen LogP contribution is -2.55. The van der Waals surface area contributed by atoms with E-state index in [0.717, 1.165) is 31.6 Å². The van der Waals surface area contributed by atoms with Crippen LogP contribution in [0, 0.1) is 5.92 Å². The molecule has 2 unspecified atom stereocenters. The largest absolute Gasteiger partial charge is 0.378 e. The summed E-state index contributed by atoms with van der Waals surface area (Å²) in [6, 6.07) is 10.8. The minimum atomic E-state index is 0.186. The maximum atomic E-state index is 12.3. The van der Waals surface area contributed by atoms with Crippen LogP contribution in [0.2, 0.25) is 0 Å². The maximum absolute atomic E-state index is 12.3. The number of fused-ring (bicyclic) bond motifs is 2. The van der Waals surface area contributed by atoms with Gasteiger partial charge in [-0.1, -0.05) is 30.3 Å². The van der Waals surface area contributed by atoms with E-state index in [-0.39, 0.29) is 5.92 Å². The minimum absolute atomic E-state index is 0.186. The summed E-state index contributed by atoms with van der Waals surface area (Å²) in [6.45, 7) is 2.58. The number of hydrogen-bond acceptors (Lipinski definition) is 4. The number of nitrogens with one attached hydrogen (secondary N) is 1. The molecule has 4 heteroatoms. The molecule has 2 atom stereocenters. The third-order valence-electron chi connectivity index (χ3n) is 4.31. The highest BCUT2D eigenvalue weighted by atomic mass is 16.5. The van der Waals surface area contributed by atoms with Gasteiger partial charge in [-0.3, -0.25) is 4.79 Å². The molecule has 0 amide bonds. The van der Waals surface area contributed by atoms with Crippen LogP contribution in [-0.2, 0) is 20.9 Å². The van der Waals surface area contributed by atoms with Crippen molar-refractivity contribution in [3.8, 4) is 0 Å². The van der Waals surface area contributed by atoms with E-state index in [1.807, 2.05) is 30.3 Å². The smallest absolute Gasteiger partial charge is 0.138 e. The number of benzene rings is 1. The van der Waals surface area contributed by atoms with Gasteiger partial charge in [0.1, 0.15) is 5.78 Å². The number of carbonyl (C=O) groups is 1. The third kappa shape index (κ3) is 4.13. The van der Waals surface area contributed by atoms with Crippen LogP contribution in [0.15, 0.2) is 30.3 Å². The van der Waals surface area contributed by atoms with E-state index in [2.05, 4.69) is 5.32 Å². The second kappa shape index (κ2) is 7.16. The van der Waals surface area contributed by atoms with Gasteiger partial charge < -0.3 is 14.8 Å². The molecule has 2 fully saturated rings. The molecule has 0 radical (unpaired) electrons. The van der Waals surface area contributed by atoms with Crippen LogP contribution in [-0.4, -0.2) is 37.7 Å². The van der Waals surface area contributed by atoms with Crippen LogP contribution >= 0.6 is 0 Å². The standard InChI is InChI=1S/C17H23NO3/c19-17(6-7-20-10-13-4-2-1-3-5-13)14-8-15-11-21-12-16(9-14)18-15/h1-5,14-16,18H,6-12H2. The Morgan fingerprint density at radius 3 is 2.62 bits per heavy atom. The van der Waals surface area contributed by atoms with Crippen LogP contribution < -0.4 is 5.32 Å². The Labute approximate surface area is 125 Å². The first kappa shape index (κ1) is 14.7. The highest BCUT2D eigenvalue weighted by Crippen LogP contribution is 2.25. The number of ketones is 1. The van der Waals surface area contributed by atoms with Gasteiger partial charge in [0, 0.05) is 24.4 Å². The minimum Gasteiger partial charge on any atom is -0.378 e. The number of hydrogen-bond donors (Lipinski definition) is 1. The highest BCUT2D eigenvalue weighted by molar-refractivity contribution is 5.81. The molecule has 0 aromatic heterocycles. The van der Waals surface area contributed by atoms with Crippen molar-refractivity contribution in [3.63, 3.8) is 0 Å². The van der Waals surface area contributed by atoms with Gasteiger partial charge in [0.25, 0.3) is 0 Å². The lowest BCUT2D eigenvalue weighted by atomic mass is 9.83. The molecule has 3 rings (SSSR count). The first-order valence-corrected chi connectivity index (χ1v) is 7.79. The zero-order valence-electron chi connectivity index (χ0n) is 12.3. The van der Waals surface area contributed by atoms with Gasteiger partial charge in [0.05, 0.1) is 26.4 Å². The van der Waals surface area contributed by atoms with Crippen molar-refractivity contribution < 1.29 is 14.3 Å². The van der Waals surface area contributed by atoms with E-state index in [1.165, 1.54) is 0 Å². The summed E-state index contributed by atoms with van der Waals surface area (Å²) in [5, 5.41) is 3.52. The van der Waals surface area contributed by atoms with E-state index >= 15 is 0 Å². The lowest BCUT2D eigenvalue weighted by molar-refractivity contribution is -0.127. The molecule has 1 aromatic carbocycles. The molecule has 1 aromatic rings. The van der Waals surface area contributed by atoms with Crippen LogP contribution in [0.4, 0.5) is 0 Å². The van der Waals surface area contributed by atoms with Gasteiger partial charge in [0.2, 0.25) is 0 Å². The Bertz CT molecular complexity index is 450. The summed E-state index contributed by atoms with van der Waals surface area (Å²) in [5.74, 6) is 0.534. The van der Waals surface area contributed by atoms with Gasteiger partial charge in [0.15, 0.2) is 0 Å². The molecule has 2 bridgehead atoms. The SMILES string of the molecule is O=C(CCOCc1ccccc1)C1CC2COCC(C1)N2. The molecular weight excluding hydrogens is 266 g/mol. The number of piperidine rings is 1. The van der Waals surface area contributed by atoms with Crippen molar-refractivity contribution in [3.05, 3.63) is 35.9 Å². The molecule has 2 aliphatic heterocycles. The van der Waals surface area contributed by atoms with Crippen LogP contribution in [0.5, 0.6) is 0 Å². The second-order valence-electron chi connectivity index (χ2n) is 6.02. The van der Waals surface area contributed by atoms with Crippen LogP contribution in [0.1, 0.15) is 24.8 Å². The first-order chi connectivity index (χ1) is 10.3. The highest BCUT2D eigenvalue weighted by Gasteiger charge is 2.34. The fourth-order valence-electron chi connectivity index (χ4n) is 3.24. The predicted molar refractivity (Wildman–Crippen MR) is 80.0 cm³/mol. The van der Waals surface area contributed by atoms with E-state index < -0.39 is 0 Å². The molecule has 1 N–H and O–H groups in total. The van der Waals surface area contributed by atoms with Gasteiger partial charge in [-0.2, -0.15) is 0 Å². The fraction of sp³-hybridized carbons (Fsp3) is 0.588. The van der Waals surface area contributed by atoms with Crippen molar-refractivity contribution >= 4 is 5.78 Å². The van der Waals surface area contributed by atoms with Gasteiger partial charge >= 0.3 is 0 Å². The summed E-state index contributed by atoms with van der Waals surface area (Å²) in [5.41, 5.74) is 1.15. The van der Waals surface area contributed by atoms with Crippen molar-refractivity contribution in [2.45, 2.75) is 38.0 Å². The molecule has 0 saturated carbocycles. The molecule has 2 saturated heterocycles. The Hall–Kier alpha value is -1.23. The Morgan fingerprint density at radius 1 is 1.19 bits per heavy atom. The third-order valence-corrected chi connectivity index (χ3v) is 4.31. The molecule has 0 aliphatic carbocycles. The number of rotatable bonds is 6. The Kier molecular flexibility index (Phi) is 5.01. The zero-order chi connectivity index (χ0) is 14.5. The quantitative estimate of drug-likeness (QED) is 0.813. The average Bonchev–Trinajstić information content (AvgIpc) is 2.52. The molecule has 21 heavy (non-hydrogen) atoms. The number of carbonyl (C=O) groups excluding carboxylic acids is 1. The summed E-state index contributed by atoms with van der Waals surface area (Å²) in [4.78, 5) is 12.3. The number of ether oxygens (including phenoxy) is 2. The van der Waals surface area contributed by atoms with Crippen LogP contribution in [0.3, 0.4) is 0 Å². The molecule has 0 spiro atoms. The summed E-state index contributed by atoms with van der Waals surface area (Å²) >= 11 is 0. The Morgan fingerprint density at radius 2 is 1.90 bits per heavy atom. The van der Waals surface area contributed by atoms with E-state index in [4.69, 9.17) is 9.47 Å². The van der Waals surface area contributed by atoms with E-state index in [9.17, 15) is 4.79 Å². The van der Waals surface area contributed by atoms with E-state index in [1.54, 1.807) is 0 Å². The molecular formula is C17H23NO3. The predicted octanol–water partition coefficient (Wildman–Crippen LogP) is 1.93.